The quantitative estimate of drug-likeness (QED) is 0.773. The van der Waals surface area contributed by atoms with Crippen molar-refractivity contribution in [3.8, 4) is 0 Å². The minimum atomic E-state index is -3.29. The summed E-state index contributed by atoms with van der Waals surface area (Å²) in [5.74, 6) is 0. The van der Waals surface area contributed by atoms with Gasteiger partial charge in [0.2, 0.25) is 0 Å². The van der Waals surface area contributed by atoms with Gasteiger partial charge in [-0.2, -0.15) is 17.0 Å². The van der Waals surface area contributed by atoms with E-state index in [1.54, 1.807) is 26.2 Å². The van der Waals surface area contributed by atoms with Crippen LogP contribution in [0.4, 0.5) is 5.69 Å². The van der Waals surface area contributed by atoms with Gasteiger partial charge in [0.25, 0.3) is 10.2 Å². The van der Waals surface area contributed by atoms with Gasteiger partial charge in [-0.3, -0.25) is 0 Å². The molecule has 5 nitrogen and oxygen atoms in total. The standard InChI is InChI=1S/C10H14ClN3O2S/c1-12-7-14(8-13(2)17(12,15)16)10-5-3-9(11)4-6-10/h3-6H,7-8H2,1-2H3. The number of hydrogen-bond donors (Lipinski definition) is 0. The van der Waals surface area contributed by atoms with E-state index in [0.29, 0.717) is 18.4 Å². The summed E-state index contributed by atoms with van der Waals surface area (Å²) in [6, 6.07) is 7.34. The molecule has 0 radical (unpaired) electrons. The second-order valence-corrected chi connectivity index (χ2v) is 6.58. The third-order valence-electron chi connectivity index (χ3n) is 2.72. The number of benzene rings is 1. The van der Waals surface area contributed by atoms with Gasteiger partial charge in [-0.1, -0.05) is 11.6 Å². The predicted octanol–water partition coefficient (Wildman–Crippen LogP) is 1.18. The molecule has 0 unspecified atom stereocenters. The van der Waals surface area contributed by atoms with Crippen LogP contribution < -0.4 is 4.90 Å². The van der Waals surface area contributed by atoms with Crippen molar-refractivity contribution in [3.63, 3.8) is 0 Å². The van der Waals surface area contributed by atoms with Crippen LogP contribution >= 0.6 is 11.6 Å². The van der Waals surface area contributed by atoms with E-state index in [9.17, 15) is 8.42 Å². The molecule has 0 atom stereocenters. The molecule has 1 fully saturated rings. The Morgan fingerprint density at radius 1 is 1.06 bits per heavy atom. The third kappa shape index (κ3) is 2.40. The highest BCUT2D eigenvalue weighted by atomic mass is 35.5. The Morgan fingerprint density at radius 3 is 2.00 bits per heavy atom. The summed E-state index contributed by atoms with van der Waals surface area (Å²) in [6.45, 7) is 0.683. The Labute approximate surface area is 106 Å². The van der Waals surface area contributed by atoms with Crippen molar-refractivity contribution < 1.29 is 8.42 Å². The molecule has 0 N–H and O–H groups in total. The molecule has 0 saturated carbocycles. The van der Waals surface area contributed by atoms with Crippen molar-refractivity contribution in [1.82, 2.24) is 8.61 Å². The van der Waals surface area contributed by atoms with Gasteiger partial charge in [0.1, 0.15) is 0 Å². The van der Waals surface area contributed by atoms with Crippen LogP contribution in [0.3, 0.4) is 0 Å². The first kappa shape index (κ1) is 12.6. The monoisotopic (exact) mass is 275 g/mol. The Morgan fingerprint density at radius 2 is 1.53 bits per heavy atom. The first-order valence-electron chi connectivity index (χ1n) is 5.09. The Kier molecular flexibility index (Phi) is 3.31. The summed E-state index contributed by atoms with van der Waals surface area (Å²) in [5, 5.41) is 0.667. The van der Waals surface area contributed by atoms with Gasteiger partial charge in [-0.05, 0) is 24.3 Å². The van der Waals surface area contributed by atoms with Crippen molar-refractivity contribution in [2.75, 3.05) is 32.3 Å². The van der Waals surface area contributed by atoms with Gasteiger partial charge in [-0.15, -0.1) is 0 Å². The van der Waals surface area contributed by atoms with Crippen LogP contribution in [-0.2, 0) is 10.2 Å². The molecule has 1 aromatic rings. The fourth-order valence-corrected chi connectivity index (χ4v) is 2.90. The topological polar surface area (TPSA) is 43.9 Å². The summed E-state index contributed by atoms with van der Waals surface area (Å²) >= 11 is 5.82. The van der Waals surface area contributed by atoms with E-state index in [1.807, 2.05) is 17.0 Å². The molecule has 0 amide bonds. The molecule has 0 spiro atoms. The van der Waals surface area contributed by atoms with Crippen LogP contribution in [0, 0.1) is 0 Å². The van der Waals surface area contributed by atoms with Gasteiger partial charge < -0.3 is 4.90 Å². The average molecular weight is 276 g/mol. The number of halogens is 1. The minimum absolute atomic E-state index is 0.342. The summed E-state index contributed by atoms with van der Waals surface area (Å²) in [5.41, 5.74) is 0.947. The molecule has 7 heteroatoms. The van der Waals surface area contributed by atoms with Crippen LogP contribution in [0.2, 0.25) is 5.02 Å². The van der Waals surface area contributed by atoms with Crippen molar-refractivity contribution >= 4 is 27.5 Å². The zero-order valence-electron chi connectivity index (χ0n) is 9.67. The Bertz CT molecular complexity index is 485. The van der Waals surface area contributed by atoms with Crippen molar-refractivity contribution in [3.05, 3.63) is 29.3 Å². The lowest BCUT2D eigenvalue weighted by Gasteiger charge is -2.39. The van der Waals surface area contributed by atoms with Crippen LogP contribution in [0.25, 0.3) is 0 Å². The second-order valence-electron chi connectivity index (χ2n) is 4.00. The lowest BCUT2D eigenvalue weighted by atomic mass is 10.3. The van der Waals surface area contributed by atoms with E-state index in [1.165, 1.54) is 8.61 Å². The number of nitrogens with zero attached hydrogens (tertiary/aromatic N) is 3. The molecular weight excluding hydrogens is 262 g/mol. The molecule has 0 aromatic heterocycles. The zero-order chi connectivity index (χ0) is 12.6. The van der Waals surface area contributed by atoms with Crippen LogP contribution in [0.15, 0.2) is 24.3 Å². The number of rotatable bonds is 1. The highest BCUT2D eigenvalue weighted by Crippen LogP contribution is 2.22. The molecule has 0 bridgehead atoms. The van der Waals surface area contributed by atoms with Crippen LogP contribution in [-0.4, -0.2) is 44.5 Å². The molecule has 94 valence electrons. The van der Waals surface area contributed by atoms with Crippen molar-refractivity contribution in [1.29, 1.82) is 0 Å². The molecular formula is C10H14ClN3O2S. The fourth-order valence-electron chi connectivity index (χ4n) is 1.72. The smallest absolute Gasteiger partial charge is 0.284 e. The van der Waals surface area contributed by atoms with E-state index >= 15 is 0 Å². The molecule has 1 aliphatic rings. The number of hydrogen-bond acceptors (Lipinski definition) is 3. The van der Waals surface area contributed by atoms with E-state index in [0.717, 1.165) is 5.69 Å². The highest BCUT2D eigenvalue weighted by Gasteiger charge is 2.32. The van der Waals surface area contributed by atoms with E-state index < -0.39 is 10.2 Å². The maximum atomic E-state index is 11.7. The molecule has 1 aliphatic heterocycles. The lowest BCUT2D eigenvalue weighted by molar-refractivity contribution is 0.338. The van der Waals surface area contributed by atoms with Crippen LogP contribution in [0.1, 0.15) is 0 Å². The fraction of sp³-hybridized carbons (Fsp3) is 0.400. The van der Waals surface area contributed by atoms with Gasteiger partial charge in [-0.25, -0.2) is 0 Å². The maximum absolute atomic E-state index is 11.7. The van der Waals surface area contributed by atoms with Crippen LogP contribution in [0.5, 0.6) is 0 Å². The summed E-state index contributed by atoms with van der Waals surface area (Å²) in [6.07, 6.45) is 0. The minimum Gasteiger partial charge on any atom is -0.343 e. The maximum Gasteiger partial charge on any atom is 0.284 e. The molecule has 2 rings (SSSR count). The van der Waals surface area contributed by atoms with Gasteiger partial charge in [0, 0.05) is 24.8 Å². The highest BCUT2D eigenvalue weighted by molar-refractivity contribution is 7.86. The van der Waals surface area contributed by atoms with Gasteiger partial charge >= 0.3 is 0 Å². The summed E-state index contributed by atoms with van der Waals surface area (Å²) in [4.78, 5) is 1.96. The summed E-state index contributed by atoms with van der Waals surface area (Å²) in [7, 11) is -0.163. The lowest BCUT2D eigenvalue weighted by Crippen LogP contribution is -2.55. The van der Waals surface area contributed by atoms with E-state index in [4.69, 9.17) is 11.6 Å². The molecule has 1 heterocycles. The normalized spacial score (nSPS) is 21.7. The molecule has 17 heavy (non-hydrogen) atoms. The summed E-state index contributed by atoms with van der Waals surface area (Å²) < 4.78 is 26.1. The van der Waals surface area contributed by atoms with Gasteiger partial charge in [0.15, 0.2) is 0 Å². The van der Waals surface area contributed by atoms with Gasteiger partial charge in [0.05, 0.1) is 13.3 Å². The van der Waals surface area contributed by atoms with E-state index in [-0.39, 0.29) is 0 Å². The average Bonchev–Trinajstić information content (AvgIpc) is 2.27. The Balaban J connectivity index is 2.23. The van der Waals surface area contributed by atoms with Crippen molar-refractivity contribution in [2.24, 2.45) is 0 Å². The first-order chi connectivity index (χ1) is 7.91. The number of anilines is 1. The predicted molar refractivity (Wildman–Crippen MR) is 68.1 cm³/mol. The largest absolute Gasteiger partial charge is 0.343 e. The Hall–Kier alpha value is -0.820. The second kappa shape index (κ2) is 4.45. The van der Waals surface area contributed by atoms with Crippen molar-refractivity contribution in [2.45, 2.75) is 0 Å². The molecule has 0 aliphatic carbocycles. The molecule has 1 aromatic carbocycles. The van der Waals surface area contributed by atoms with E-state index in [2.05, 4.69) is 0 Å². The zero-order valence-corrected chi connectivity index (χ0v) is 11.2. The first-order valence-corrected chi connectivity index (χ1v) is 6.87. The SMILES string of the molecule is CN1CN(c2ccc(Cl)cc2)CN(C)S1(=O)=O. The third-order valence-corrected chi connectivity index (χ3v) is 4.78. The molecule has 1 saturated heterocycles.